The molecule has 1 amide bonds. The van der Waals surface area contributed by atoms with Crippen molar-refractivity contribution in [2.75, 3.05) is 12.4 Å². The fraction of sp³-hybridized carbons (Fsp3) is 0.808. The second kappa shape index (κ2) is 10.9. The van der Waals surface area contributed by atoms with Crippen molar-refractivity contribution in [3.63, 3.8) is 0 Å². The third-order valence-corrected chi connectivity index (χ3v) is 18.9. The molecule has 0 bridgehead atoms. The van der Waals surface area contributed by atoms with Gasteiger partial charge in [0.2, 0.25) is 5.91 Å². The number of carbonyl (C=O) groups excluding carboxylic acids is 1. The average Bonchev–Trinajstić information content (AvgIpc) is 2.96. The van der Waals surface area contributed by atoms with Gasteiger partial charge in [-0.25, -0.2) is 4.79 Å². The summed E-state index contributed by atoms with van der Waals surface area (Å²) in [5, 5.41) is 19.2. The number of aliphatic carboxylic acids is 1. The van der Waals surface area contributed by atoms with E-state index in [1.54, 1.807) is 0 Å². The van der Waals surface area contributed by atoms with Crippen LogP contribution >= 0.6 is 11.8 Å². The SMILES string of the molecule is C[C@@H](O[Si](C)(C)C(C)(C)C)[C@H]1C(=O)N2C(C(=O)O)=C(SCCC#N)[C@H](CCO[Si](C)(C)C(C)(C)C)[C@H]12. The summed E-state index contributed by atoms with van der Waals surface area (Å²) in [5.41, 5.74) is 0.0843. The van der Waals surface area contributed by atoms with E-state index < -0.39 is 22.6 Å². The lowest BCUT2D eigenvalue weighted by Crippen LogP contribution is -2.65. The van der Waals surface area contributed by atoms with Crippen molar-refractivity contribution in [2.45, 2.75) is 110 Å². The van der Waals surface area contributed by atoms with Crippen LogP contribution in [0, 0.1) is 23.2 Å². The molecule has 1 N–H and O–H groups in total. The predicted octanol–water partition coefficient (Wildman–Crippen LogP) is 6.21. The van der Waals surface area contributed by atoms with E-state index in [4.69, 9.17) is 14.1 Å². The molecule has 1 fully saturated rings. The van der Waals surface area contributed by atoms with Crippen molar-refractivity contribution in [1.29, 1.82) is 5.26 Å². The Bertz CT molecular complexity index is 930. The molecule has 7 nitrogen and oxygen atoms in total. The summed E-state index contributed by atoms with van der Waals surface area (Å²) in [6.07, 6.45) is 0.652. The van der Waals surface area contributed by atoms with Gasteiger partial charge in [-0.15, -0.1) is 11.8 Å². The number of nitrogens with zero attached hydrogens (tertiary/aromatic N) is 2. The van der Waals surface area contributed by atoms with Gasteiger partial charge in [0.15, 0.2) is 16.6 Å². The van der Waals surface area contributed by atoms with Gasteiger partial charge in [-0.1, -0.05) is 41.5 Å². The Labute approximate surface area is 224 Å². The maximum Gasteiger partial charge on any atom is 0.353 e. The van der Waals surface area contributed by atoms with Crippen molar-refractivity contribution in [3.8, 4) is 6.07 Å². The number of carboxylic acid groups (broad SMARTS) is 1. The van der Waals surface area contributed by atoms with Gasteiger partial charge in [0.25, 0.3) is 0 Å². The van der Waals surface area contributed by atoms with Gasteiger partial charge in [-0.2, -0.15) is 5.26 Å². The Balaban J connectivity index is 2.37. The summed E-state index contributed by atoms with van der Waals surface area (Å²) >= 11 is 1.40. The van der Waals surface area contributed by atoms with Crippen LogP contribution in [0.2, 0.25) is 36.3 Å². The smallest absolute Gasteiger partial charge is 0.353 e. The van der Waals surface area contributed by atoms with E-state index in [9.17, 15) is 14.7 Å². The van der Waals surface area contributed by atoms with E-state index in [0.717, 1.165) is 0 Å². The molecule has 36 heavy (non-hydrogen) atoms. The minimum atomic E-state index is -2.12. The first-order chi connectivity index (χ1) is 16.3. The summed E-state index contributed by atoms with van der Waals surface area (Å²) in [6.45, 7) is 24.3. The van der Waals surface area contributed by atoms with E-state index in [2.05, 4.69) is 73.8 Å². The first-order valence-corrected chi connectivity index (χ1v) is 19.7. The van der Waals surface area contributed by atoms with E-state index in [0.29, 0.717) is 30.1 Å². The molecule has 0 unspecified atom stereocenters. The highest BCUT2D eigenvalue weighted by Gasteiger charge is 2.62. The number of carboxylic acids is 1. The number of carbonyl (C=O) groups is 2. The van der Waals surface area contributed by atoms with Gasteiger partial charge in [0.05, 0.1) is 24.1 Å². The highest BCUT2D eigenvalue weighted by molar-refractivity contribution is 8.03. The fourth-order valence-electron chi connectivity index (χ4n) is 4.41. The van der Waals surface area contributed by atoms with Crippen molar-refractivity contribution in [3.05, 3.63) is 10.6 Å². The van der Waals surface area contributed by atoms with Crippen molar-refractivity contribution in [1.82, 2.24) is 4.90 Å². The third-order valence-electron chi connectivity index (χ3n) is 8.58. The highest BCUT2D eigenvalue weighted by Crippen LogP contribution is 2.53. The van der Waals surface area contributed by atoms with Crippen LogP contribution in [0.15, 0.2) is 10.6 Å². The molecule has 2 heterocycles. The summed E-state index contributed by atoms with van der Waals surface area (Å²) in [5.74, 6) is -1.29. The molecule has 0 aromatic heterocycles. The van der Waals surface area contributed by atoms with Crippen LogP contribution in [0.25, 0.3) is 0 Å². The minimum Gasteiger partial charge on any atom is -0.477 e. The maximum atomic E-state index is 13.4. The van der Waals surface area contributed by atoms with Gasteiger partial charge in [0, 0.05) is 29.6 Å². The van der Waals surface area contributed by atoms with Gasteiger partial charge in [-0.3, -0.25) is 4.79 Å². The summed E-state index contributed by atoms with van der Waals surface area (Å²) in [4.78, 5) is 27.9. The molecule has 204 valence electrons. The molecule has 0 spiro atoms. The Morgan fingerprint density at radius 1 is 1.14 bits per heavy atom. The van der Waals surface area contributed by atoms with Crippen LogP contribution in [0.4, 0.5) is 0 Å². The Morgan fingerprint density at radius 3 is 2.17 bits per heavy atom. The van der Waals surface area contributed by atoms with Crippen molar-refractivity contribution >= 4 is 40.3 Å². The molecule has 0 aromatic carbocycles. The van der Waals surface area contributed by atoms with Crippen LogP contribution in [-0.4, -0.2) is 63.0 Å². The molecular formula is C26H46N2O5SSi2. The maximum absolute atomic E-state index is 13.4. The number of nitriles is 1. The number of fused-ring (bicyclic) bond motifs is 1. The molecule has 2 aliphatic rings. The zero-order valence-electron chi connectivity index (χ0n) is 24.0. The first kappa shape index (κ1) is 31.1. The van der Waals surface area contributed by atoms with Crippen LogP contribution in [0.5, 0.6) is 0 Å². The zero-order valence-corrected chi connectivity index (χ0v) is 26.8. The number of β-lactam (4-membered cyclic amide) rings is 1. The molecule has 0 saturated carbocycles. The highest BCUT2D eigenvalue weighted by atomic mass is 32.2. The normalized spacial score (nSPS) is 23.9. The number of thioether (sulfide) groups is 1. The largest absolute Gasteiger partial charge is 0.477 e. The predicted molar refractivity (Wildman–Crippen MR) is 150 cm³/mol. The lowest BCUT2D eigenvalue weighted by atomic mass is 9.77. The second-order valence-corrected chi connectivity index (χ2v) is 23.8. The molecule has 0 aromatic rings. The fourth-order valence-corrected chi connectivity index (χ4v) is 8.11. The summed E-state index contributed by atoms with van der Waals surface area (Å²) in [6, 6.07) is 1.88. The molecule has 10 heteroatoms. The molecule has 4 atom stereocenters. The zero-order chi connectivity index (χ0) is 27.9. The third kappa shape index (κ3) is 6.12. The second-order valence-electron chi connectivity index (χ2n) is 13.1. The van der Waals surface area contributed by atoms with Gasteiger partial charge >= 0.3 is 5.97 Å². The number of amides is 1. The van der Waals surface area contributed by atoms with Gasteiger partial charge in [-0.05, 0) is 49.6 Å². The number of hydrogen-bond acceptors (Lipinski definition) is 6. The lowest BCUT2D eigenvalue weighted by molar-refractivity contribution is -0.163. The van der Waals surface area contributed by atoms with Gasteiger partial charge < -0.3 is 18.9 Å². The molecule has 2 rings (SSSR count). The molecule has 0 radical (unpaired) electrons. The number of hydrogen-bond donors (Lipinski definition) is 1. The van der Waals surface area contributed by atoms with Crippen LogP contribution in [0.3, 0.4) is 0 Å². The van der Waals surface area contributed by atoms with E-state index in [-0.39, 0.29) is 45.7 Å². The standard InChI is InChI=1S/C26H46N2O5SSi2/c1-17(33-36(10,11)26(5,6)7)19-20-18(13-15-32-35(8,9)25(2,3)4)22(34-16-12-14-27)21(24(30)31)28(20)23(19)29/h17-20H,12-13,15-16H2,1-11H3,(H,30,31)/t17-,18-,19-,20-/m1/s1. The molecular weight excluding hydrogens is 509 g/mol. The summed E-state index contributed by atoms with van der Waals surface area (Å²) in [7, 11) is -4.10. The summed E-state index contributed by atoms with van der Waals surface area (Å²) < 4.78 is 13.1. The van der Waals surface area contributed by atoms with Crippen molar-refractivity contribution < 1.29 is 23.5 Å². The Hall–Kier alpha value is -1.13. The van der Waals surface area contributed by atoms with E-state index in [1.165, 1.54) is 16.7 Å². The lowest BCUT2D eigenvalue weighted by Gasteiger charge is -2.50. The van der Waals surface area contributed by atoms with Gasteiger partial charge in [0.1, 0.15) is 5.70 Å². The Morgan fingerprint density at radius 2 is 1.69 bits per heavy atom. The van der Waals surface area contributed by atoms with E-state index >= 15 is 0 Å². The van der Waals surface area contributed by atoms with Crippen LogP contribution < -0.4 is 0 Å². The molecule has 2 aliphatic heterocycles. The van der Waals surface area contributed by atoms with Crippen LogP contribution in [-0.2, 0) is 18.4 Å². The molecule has 1 saturated heterocycles. The quantitative estimate of drug-likeness (QED) is 0.184. The Kier molecular flexibility index (Phi) is 9.44. The van der Waals surface area contributed by atoms with Crippen molar-refractivity contribution in [2.24, 2.45) is 11.8 Å². The number of rotatable bonds is 11. The topological polar surface area (TPSA) is 99.9 Å². The van der Waals surface area contributed by atoms with E-state index in [1.807, 2.05) is 6.92 Å². The monoisotopic (exact) mass is 554 g/mol. The minimum absolute atomic E-state index is 0.00259. The first-order valence-electron chi connectivity index (χ1n) is 12.9. The average molecular weight is 555 g/mol. The van der Waals surface area contributed by atoms with Crippen LogP contribution in [0.1, 0.15) is 61.3 Å². The molecule has 0 aliphatic carbocycles.